The van der Waals surface area contributed by atoms with E-state index in [4.69, 9.17) is 16.0 Å². The first-order valence-electron chi connectivity index (χ1n) is 3.85. The Morgan fingerprint density at radius 2 is 1.77 bits per heavy atom. The molecule has 0 spiro atoms. The van der Waals surface area contributed by atoms with Crippen molar-refractivity contribution in [3.8, 4) is 11.3 Å². The second-order valence-corrected chi connectivity index (χ2v) is 2.68. The van der Waals surface area contributed by atoms with Crippen LogP contribution in [0.15, 0.2) is 34.9 Å². The van der Waals surface area contributed by atoms with Gasteiger partial charge in [-0.2, -0.15) is 0 Å². The minimum absolute atomic E-state index is 0.166. The molecule has 4 nitrogen and oxygen atoms in total. The van der Waals surface area contributed by atoms with Crippen LogP contribution in [0.25, 0.3) is 11.3 Å². The van der Waals surface area contributed by atoms with Crippen molar-refractivity contribution >= 4 is 11.6 Å². The number of rotatable bonds is 1. The van der Waals surface area contributed by atoms with Gasteiger partial charge in [0.15, 0.2) is 0 Å². The average Bonchev–Trinajstić information content (AvgIpc) is 2.49. The predicted molar refractivity (Wildman–Crippen MR) is 50.8 cm³/mol. The topological polar surface area (TPSA) is 78.1 Å². The van der Waals surface area contributed by atoms with Crippen molar-refractivity contribution in [2.24, 2.45) is 0 Å². The van der Waals surface area contributed by atoms with Crippen LogP contribution in [-0.2, 0) is 0 Å². The molecule has 0 amide bonds. The summed E-state index contributed by atoms with van der Waals surface area (Å²) in [6, 6.07) is 9.52. The Kier molecular flexibility index (Phi) is 1.66. The van der Waals surface area contributed by atoms with E-state index < -0.39 is 0 Å². The van der Waals surface area contributed by atoms with E-state index in [2.05, 4.69) is 5.16 Å². The highest BCUT2D eigenvalue weighted by atomic mass is 16.5. The number of nitrogens with two attached hydrogens (primary N) is 2. The number of hydrogen-bond acceptors (Lipinski definition) is 4. The third-order valence-electron chi connectivity index (χ3n) is 1.80. The molecule has 0 aliphatic carbocycles. The molecule has 1 aromatic heterocycles. The zero-order chi connectivity index (χ0) is 9.26. The molecule has 0 atom stereocenters. The molecular formula is C9H9N3O. The Labute approximate surface area is 75.1 Å². The zero-order valence-corrected chi connectivity index (χ0v) is 6.90. The molecule has 4 N–H and O–H groups in total. The van der Waals surface area contributed by atoms with Crippen molar-refractivity contribution < 1.29 is 4.52 Å². The zero-order valence-electron chi connectivity index (χ0n) is 6.90. The first kappa shape index (κ1) is 7.67. The highest BCUT2D eigenvalue weighted by Crippen LogP contribution is 2.28. The molecule has 0 saturated carbocycles. The lowest BCUT2D eigenvalue weighted by Crippen LogP contribution is -1.91. The number of anilines is 2. The van der Waals surface area contributed by atoms with Gasteiger partial charge in [-0.3, -0.25) is 0 Å². The van der Waals surface area contributed by atoms with Crippen molar-refractivity contribution in [3.05, 3.63) is 30.3 Å². The lowest BCUT2D eigenvalue weighted by atomic mass is 10.1. The molecule has 2 rings (SSSR count). The maximum atomic E-state index is 5.65. The Morgan fingerprint density at radius 1 is 1.08 bits per heavy atom. The van der Waals surface area contributed by atoms with E-state index in [1.165, 1.54) is 0 Å². The van der Waals surface area contributed by atoms with Gasteiger partial charge >= 0.3 is 0 Å². The van der Waals surface area contributed by atoms with E-state index in [1.807, 2.05) is 30.3 Å². The standard InChI is InChI=1S/C9H9N3O/c10-7-8(12-13-9(7)11)6-4-2-1-3-5-6/h1-5H,10-11H2. The largest absolute Gasteiger partial charge is 0.392 e. The highest BCUT2D eigenvalue weighted by molar-refractivity contribution is 5.78. The summed E-state index contributed by atoms with van der Waals surface area (Å²) < 4.78 is 4.75. The molecule has 66 valence electrons. The summed E-state index contributed by atoms with van der Waals surface area (Å²) in [7, 11) is 0. The molecule has 0 fully saturated rings. The summed E-state index contributed by atoms with van der Waals surface area (Å²) in [6.07, 6.45) is 0. The third kappa shape index (κ3) is 1.22. The summed E-state index contributed by atoms with van der Waals surface area (Å²) in [5, 5.41) is 3.76. The van der Waals surface area contributed by atoms with Crippen LogP contribution in [0.2, 0.25) is 0 Å². The molecule has 13 heavy (non-hydrogen) atoms. The Balaban J connectivity index is 2.53. The normalized spacial score (nSPS) is 10.2. The van der Waals surface area contributed by atoms with Gasteiger partial charge in [0.2, 0.25) is 5.88 Å². The fourth-order valence-electron chi connectivity index (χ4n) is 1.11. The van der Waals surface area contributed by atoms with E-state index in [0.717, 1.165) is 5.56 Å². The van der Waals surface area contributed by atoms with E-state index in [1.54, 1.807) is 0 Å². The van der Waals surface area contributed by atoms with Gasteiger partial charge in [-0.25, -0.2) is 0 Å². The van der Waals surface area contributed by atoms with Crippen LogP contribution in [0, 0.1) is 0 Å². The molecule has 0 saturated heterocycles. The first-order valence-corrected chi connectivity index (χ1v) is 3.85. The van der Waals surface area contributed by atoms with Gasteiger partial charge in [0.25, 0.3) is 0 Å². The van der Waals surface area contributed by atoms with E-state index in [0.29, 0.717) is 11.4 Å². The fourth-order valence-corrected chi connectivity index (χ4v) is 1.11. The Morgan fingerprint density at radius 3 is 2.31 bits per heavy atom. The summed E-state index contributed by atoms with van der Waals surface area (Å²) in [6.45, 7) is 0. The van der Waals surface area contributed by atoms with Gasteiger partial charge in [-0.05, 0) is 0 Å². The number of benzene rings is 1. The van der Waals surface area contributed by atoms with Crippen LogP contribution < -0.4 is 11.5 Å². The molecule has 0 aliphatic rings. The lowest BCUT2D eigenvalue weighted by molar-refractivity contribution is 0.439. The van der Waals surface area contributed by atoms with Crippen molar-refractivity contribution in [2.45, 2.75) is 0 Å². The summed E-state index contributed by atoms with van der Waals surface area (Å²) >= 11 is 0. The molecular weight excluding hydrogens is 166 g/mol. The maximum absolute atomic E-state index is 5.65. The second-order valence-electron chi connectivity index (χ2n) is 2.68. The SMILES string of the molecule is Nc1onc(-c2ccccc2)c1N. The van der Waals surface area contributed by atoms with Gasteiger partial charge in [0.1, 0.15) is 11.4 Å². The number of aromatic nitrogens is 1. The Bertz CT molecular complexity index is 408. The molecule has 0 aliphatic heterocycles. The van der Waals surface area contributed by atoms with Crippen molar-refractivity contribution in [1.29, 1.82) is 0 Å². The third-order valence-corrected chi connectivity index (χ3v) is 1.80. The lowest BCUT2D eigenvalue weighted by Gasteiger charge is -1.94. The van der Waals surface area contributed by atoms with Crippen LogP contribution in [0.4, 0.5) is 11.6 Å². The number of nitrogen functional groups attached to an aromatic ring is 2. The van der Waals surface area contributed by atoms with Crippen LogP contribution in [0.5, 0.6) is 0 Å². The van der Waals surface area contributed by atoms with Gasteiger partial charge in [0.05, 0.1) is 0 Å². The molecule has 1 heterocycles. The molecule has 1 aromatic carbocycles. The number of nitrogens with zero attached hydrogens (tertiary/aromatic N) is 1. The van der Waals surface area contributed by atoms with E-state index in [-0.39, 0.29) is 5.88 Å². The molecule has 0 bridgehead atoms. The van der Waals surface area contributed by atoms with Crippen LogP contribution in [0.1, 0.15) is 0 Å². The smallest absolute Gasteiger partial charge is 0.245 e. The van der Waals surface area contributed by atoms with Crippen molar-refractivity contribution in [3.63, 3.8) is 0 Å². The van der Waals surface area contributed by atoms with Crippen molar-refractivity contribution in [2.75, 3.05) is 11.5 Å². The summed E-state index contributed by atoms with van der Waals surface area (Å²) in [4.78, 5) is 0. The van der Waals surface area contributed by atoms with Gasteiger partial charge in [0, 0.05) is 5.56 Å². The fraction of sp³-hybridized carbons (Fsp3) is 0. The molecule has 0 radical (unpaired) electrons. The van der Waals surface area contributed by atoms with Gasteiger partial charge < -0.3 is 16.0 Å². The first-order chi connectivity index (χ1) is 6.29. The molecule has 4 heteroatoms. The highest BCUT2D eigenvalue weighted by Gasteiger charge is 2.10. The second kappa shape index (κ2) is 2.82. The molecule has 0 unspecified atom stereocenters. The number of hydrogen-bond donors (Lipinski definition) is 2. The van der Waals surface area contributed by atoms with E-state index in [9.17, 15) is 0 Å². The van der Waals surface area contributed by atoms with Crippen LogP contribution >= 0.6 is 0 Å². The summed E-state index contributed by atoms with van der Waals surface area (Å²) in [5.74, 6) is 0.166. The van der Waals surface area contributed by atoms with Crippen LogP contribution in [0.3, 0.4) is 0 Å². The minimum Gasteiger partial charge on any atom is -0.392 e. The average molecular weight is 175 g/mol. The van der Waals surface area contributed by atoms with Crippen LogP contribution in [-0.4, -0.2) is 5.16 Å². The van der Waals surface area contributed by atoms with E-state index >= 15 is 0 Å². The summed E-state index contributed by atoms with van der Waals surface area (Å²) in [5.41, 5.74) is 13.0. The Hall–Kier alpha value is -1.97. The van der Waals surface area contributed by atoms with Crippen molar-refractivity contribution in [1.82, 2.24) is 5.16 Å². The quantitative estimate of drug-likeness (QED) is 0.688. The van der Waals surface area contributed by atoms with Gasteiger partial charge in [-0.15, -0.1) is 0 Å². The monoisotopic (exact) mass is 175 g/mol. The predicted octanol–water partition coefficient (Wildman–Crippen LogP) is 1.51. The minimum atomic E-state index is 0.166. The van der Waals surface area contributed by atoms with Gasteiger partial charge in [-0.1, -0.05) is 35.5 Å². The maximum Gasteiger partial charge on any atom is 0.245 e. The molecule has 2 aromatic rings.